The summed E-state index contributed by atoms with van der Waals surface area (Å²) in [5, 5.41) is 0. The normalized spacial score (nSPS) is 32.3. The second-order valence-corrected chi connectivity index (χ2v) is 8.51. The van der Waals surface area contributed by atoms with Crippen molar-refractivity contribution in [3.05, 3.63) is 7.05 Å². The van der Waals surface area contributed by atoms with E-state index in [0.29, 0.717) is 5.91 Å². The summed E-state index contributed by atoms with van der Waals surface area (Å²) in [4.78, 5) is 11.1. The Morgan fingerprint density at radius 1 is 1.60 bits per heavy atom. The van der Waals surface area contributed by atoms with Crippen molar-refractivity contribution >= 4 is 14.1 Å². The average Bonchev–Trinajstić information content (AvgIpc) is 1.83. The van der Waals surface area contributed by atoms with Crippen molar-refractivity contribution in [1.82, 2.24) is 0 Å². The van der Waals surface area contributed by atoms with Gasteiger partial charge < -0.3 is 4.57 Å². The number of amides is 1. The minimum Gasteiger partial charge on any atom is -0.466 e. The molecular weight excluding hydrogens is 142 g/mol. The van der Waals surface area contributed by atoms with Gasteiger partial charge in [-0.05, 0) is 25.6 Å². The number of hydrogen-bond acceptors (Lipinski definition) is 1. The van der Waals surface area contributed by atoms with Crippen LogP contribution in [0.1, 0.15) is 12.8 Å². The number of rotatable bonds is 0. The molecule has 1 heterocycles. The first-order valence-corrected chi connectivity index (χ1v) is 6.97. The Kier molecular flexibility index (Phi) is 1.96. The Morgan fingerprint density at radius 2 is 2.20 bits per heavy atom. The van der Waals surface area contributed by atoms with E-state index in [9.17, 15) is 4.79 Å². The molecule has 10 heavy (non-hydrogen) atoms. The monoisotopic (exact) mass is 157 g/mol. The number of nitrogens with one attached hydrogen (secondary N) is 1. The summed E-state index contributed by atoms with van der Waals surface area (Å²) in [5.74, 6) is 0.322. The predicted octanol–water partition coefficient (Wildman–Crippen LogP) is 0.188. The molecule has 1 N–H and O–H groups in total. The van der Waals surface area contributed by atoms with Crippen molar-refractivity contribution in [2.75, 3.05) is 0 Å². The van der Waals surface area contributed by atoms with E-state index in [4.69, 9.17) is 0 Å². The maximum Gasteiger partial charge on any atom is 0.269 e. The summed E-state index contributed by atoms with van der Waals surface area (Å²) >= 11 is 0. The van der Waals surface area contributed by atoms with E-state index >= 15 is 0 Å². The summed E-state index contributed by atoms with van der Waals surface area (Å²) in [6.07, 6.45) is 1.84. The lowest BCUT2D eigenvalue weighted by atomic mass is 10.3. The first-order valence-electron chi connectivity index (χ1n) is 3.76. The lowest BCUT2D eigenvalue weighted by Gasteiger charge is -2.37. The van der Waals surface area contributed by atoms with Gasteiger partial charge in [-0.15, -0.1) is 0 Å². The minimum absolute atomic E-state index is 0.322. The molecule has 3 heteroatoms. The molecule has 1 atom stereocenters. The van der Waals surface area contributed by atoms with Crippen molar-refractivity contribution < 1.29 is 9.36 Å². The lowest BCUT2D eigenvalue weighted by molar-refractivity contribution is -0.660. The molecule has 1 aliphatic rings. The molecule has 58 valence electrons. The summed E-state index contributed by atoms with van der Waals surface area (Å²) in [6.45, 7) is 4.46. The SMILES string of the molecule is [CH2-][NH+]1C(=O)CCC[Si]1(C)C. The predicted molar refractivity (Wildman–Crippen MR) is 42.8 cm³/mol. The Hall–Kier alpha value is -0.153. The Bertz CT molecular complexity index is 156. The highest BCUT2D eigenvalue weighted by Crippen LogP contribution is 2.11. The van der Waals surface area contributed by atoms with Crippen LogP contribution in [-0.2, 0) is 4.79 Å². The van der Waals surface area contributed by atoms with Crippen molar-refractivity contribution in [2.24, 2.45) is 0 Å². The van der Waals surface area contributed by atoms with Crippen LogP contribution in [0.2, 0.25) is 19.1 Å². The van der Waals surface area contributed by atoms with Crippen LogP contribution in [0.4, 0.5) is 0 Å². The third-order valence-corrected chi connectivity index (χ3v) is 5.88. The Labute approximate surface area is 63.3 Å². The van der Waals surface area contributed by atoms with Gasteiger partial charge in [0.15, 0.2) is 0 Å². The standard InChI is InChI=1S/C7H15NOSi/c1-8-7(9)5-4-6-10(8,2)3/h8H,1,4-6H2,2-3H3. The van der Waals surface area contributed by atoms with Gasteiger partial charge in [-0.2, -0.15) is 7.05 Å². The van der Waals surface area contributed by atoms with Gasteiger partial charge >= 0.3 is 0 Å². The van der Waals surface area contributed by atoms with Crippen LogP contribution in [0.15, 0.2) is 0 Å². The molecule has 0 aromatic heterocycles. The third-order valence-electron chi connectivity index (χ3n) is 2.36. The molecule has 0 spiro atoms. The van der Waals surface area contributed by atoms with Gasteiger partial charge in [-0.25, -0.2) is 4.79 Å². The van der Waals surface area contributed by atoms with E-state index in [1.165, 1.54) is 6.04 Å². The Morgan fingerprint density at radius 3 is 2.60 bits per heavy atom. The number of carbonyl (C=O) groups excluding carboxylic acids is 1. The summed E-state index contributed by atoms with van der Waals surface area (Å²) in [5.41, 5.74) is 0. The van der Waals surface area contributed by atoms with Crippen LogP contribution >= 0.6 is 0 Å². The van der Waals surface area contributed by atoms with Crippen LogP contribution in [0, 0.1) is 7.05 Å². The molecular formula is C7H15NOSi. The number of carbonyl (C=O) groups is 1. The highest BCUT2D eigenvalue weighted by Gasteiger charge is 2.36. The minimum atomic E-state index is -1.30. The summed E-state index contributed by atoms with van der Waals surface area (Å²) in [7, 11) is 2.56. The average molecular weight is 157 g/mol. The van der Waals surface area contributed by atoms with Gasteiger partial charge in [0, 0.05) is 0 Å². The van der Waals surface area contributed by atoms with Crippen molar-refractivity contribution in [2.45, 2.75) is 32.0 Å². The van der Waals surface area contributed by atoms with Gasteiger partial charge in [-0.1, -0.05) is 0 Å². The zero-order valence-electron chi connectivity index (χ0n) is 6.74. The second-order valence-electron chi connectivity index (χ2n) is 3.64. The third kappa shape index (κ3) is 1.30. The van der Waals surface area contributed by atoms with Gasteiger partial charge in [0.2, 0.25) is 0 Å². The van der Waals surface area contributed by atoms with E-state index in [0.717, 1.165) is 17.4 Å². The Balaban J connectivity index is 2.69. The zero-order valence-corrected chi connectivity index (χ0v) is 7.74. The molecule has 0 saturated carbocycles. The maximum atomic E-state index is 11.1. The first-order chi connectivity index (χ1) is 4.54. The van der Waals surface area contributed by atoms with Crippen LogP contribution < -0.4 is 4.57 Å². The van der Waals surface area contributed by atoms with E-state index in [1.807, 2.05) is 0 Å². The molecule has 0 aromatic carbocycles. The highest BCUT2D eigenvalue weighted by molar-refractivity contribution is 6.70. The van der Waals surface area contributed by atoms with Crippen molar-refractivity contribution in [3.8, 4) is 0 Å². The topological polar surface area (TPSA) is 21.5 Å². The number of quaternary nitrogens is 1. The molecule has 1 unspecified atom stereocenters. The highest BCUT2D eigenvalue weighted by atomic mass is 28.3. The van der Waals surface area contributed by atoms with Crippen molar-refractivity contribution in [3.63, 3.8) is 0 Å². The smallest absolute Gasteiger partial charge is 0.269 e. The molecule has 1 rings (SSSR count). The van der Waals surface area contributed by atoms with Crippen LogP contribution in [-0.4, -0.2) is 14.1 Å². The van der Waals surface area contributed by atoms with E-state index in [2.05, 4.69) is 20.1 Å². The molecule has 1 saturated heterocycles. The molecule has 0 radical (unpaired) electrons. The molecule has 0 bridgehead atoms. The maximum absolute atomic E-state index is 11.1. The van der Waals surface area contributed by atoms with Crippen molar-refractivity contribution in [1.29, 1.82) is 0 Å². The van der Waals surface area contributed by atoms with Gasteiger partial charge in [0.25, 0.3) is 14.1 Å². The molecule has 0 aliphatic carbocycles. The molecule has 1 amide bonds. The van der Waals surface area contributed by atoms with Crippen LogP contribution in [0.5, 0.6) is 0 Å². The fourth-order valence-corrected chi connectivity index (χ4v) is 3.61. The zero-order chi connectivity index (χ0) is 7.78. The largest absolute Gasteiger partial charge is 0.466 e. The second kappa shape index (κ2) is 2.47. The van der Waals surface area contributed by atoms with Gasteiger partial charge in [0.1, 0.15) is 0 Å². The summed E-state index contributed by atoms with van der Waals surface area (Å²) in [6, 6.07) is 1.25. The fraction of sp³-hybridized carbons (Fsp3) is 0.714. The molecule has 0 aromatic rings. The van der Waals surface area contributed by atoms with Gasteiger partial charge in [-0.3, -0.25) is 0 Å². The molecule has 1 fully saturated rings. The molecule has 2 nitrogen and oxygen atoms in total. The van der Waals surface area contributed by atoms with E-state index < -0.39 is 8.24 Å². The van der Waals surface area contributed by atoms with Gasteiger partial charge in [0.05, 0.1) is 6.42 Å². The lowest BCUT2D eigenvalue weighted by Crippen LogP contribution is -3.20. The quantitative estimate of drug-likeness (QED) is 0.393. The fourth-order valence-electron chi connectivity index (χ4n) is 1.37. The molecule has 1 aliphatic heterocycles. The van der Waals surface area contributed by atoms with E-state index in [1.54, 1.807) is 0 Å². The van der Waals surface area contributed by atoms with Crippen LogP contribution in [0.3, 0.4) is 0 Å². The van der Waals surface area contributed by atoms with E-state index in [-0.39, 0.29) is 0 Å². The number of hydrogen-bond donors (Lipinski definition) is 1. The first kappa shape index (κ1) is 7.95. The van der Waals surface area contributed by atoms with Crippen LogP contribution in [0.25, 0.3) is 0 Å². The summed E-state index contributed by atoms with van der Waals surface area (Å²) < 4.78 is 0.957.